The number of benzene rings is 2. The summed E-state index contributed by atoms with van der Waals surface area (Å²) < 4.78 is 26.4. The third kappa shape index (κ3) is 3.93. The molecule has 4 rings (SSSR count). The van der Waals surface area contributed by atoms with Gasteiger partial charge in [0, 0.05) is 12.6 Å². The molecule has 1 aliphatic heterocycles. The molecule has 1 fully saturated rings. The van der Waals surface area contributed by atoms with Gasteiger partial charge < -0.3 is 0 Å². The van der Waals surface area contributed by atoms with Crippen molar-refractivity contribution < 1.29 is 13.2 Å². The van der Waals surface area contributed by atoms with E-state index in [-0.39, 0.29) is 11.7 Å². The molecule has 1 aromatic heterocycles. The van der Waals surface area contributed by atoms with E-state index in [4.69, 9.17) is 0 Å². The van der Waals surface area contributed by atoms with Gasteiger partial charge in [0.2, 0.25) is 15.9 Å². The molecule has 1 N–H and O–H groups in total. The number of rotatable bonds is 4. The highest BCUT2D eigenvalue weighted by Crippen LogP contribution is 2.27. The van der Waals surface area contributed by atoms with Gasteiger partial charge in [-0.2, -0.15) is 0 Å². The third-order valence-electron chi connectivity index (χ3n) is 4.48. The number of aromatic nitrogens is 1. The third-order valence-corrected chi connectivity index (χ3v) is 7.28. The molecule has 144 valence electrons. The summed E-state index contributed by atoms with van der Waals surface area (Å²) in [5.41, 5.74) is 3.49. The smallest absolute Gasteiger partial charge is 0.250 e. The molecule has 28 heavy (non-hydrogen) atoms. The molecular formula is C20H19N3O3S2. The molecule has 8 heteroatoms. The summed E-state index contributed by atoms with van der Waals surface area (Å²) in [7, 11) is -3.18. The van der Waals surface area contributed by atoms with E-state index in [0.29, 0.717) is 23.8 Å². The number of sulfonamides is 1. The van der Waals surface area contributed by atoms with Crippen LogP contribution in [-0.4, -0.2) is 31.6 Å². The molecule has 0 unspecified atom stereocenters. The van der Waals surface area contributed by atoms with Gasteiger partial charge in [0.1, 0.15) is 0 Å². The number of nitrogens with zero attached hydrogens (tertiary/aromatic N) is 2. The Morgan fingerprint density at radius 2 is 2.00 bits per heavy atom. The first-order valence-electron chi connectivity index (χ1n) is 8.87. The summed E-state index contributed by atoms with van der Waals surface area (Å²) in [5.74, 6) is -0.0675. The minimum absolute atomic E-state index is 0.195. The van der Waals surface area contributed by atoms with Gasteiger partial charge >= 0.3 is 0 Å². The van der Waals surface area contributed by atoms with Gasteiger partial charge in [-0.1, -0.05) is 29.5 Å². The number of aryl methyl sites for hydroxylation is 1. The molecule has 2 aromatic carbocycles. The average molecular weight is 414 g/mol. The fraction of sp³-hybridized carbons (Fsp3) is 0.200. The van der Waals surface area contributed by atoms with E-state index in [2.05, 4.69) is 10.3 Å². The summed E-state index contributed by atoms with van der Waals surface area (Å²) >= 11 is 1.44. The Kier molecular flexibility index (Phi) is 4.91. The highest BCUT2D eigenvalue weighted by atomic mass is 32.2. The van der Waals surface area contributed by atoms with E-state index in [1.807, 2.05) is 25.1 Å². The second-order valence-electron chi connectivity index (χ2n) is 6.65. The van der Waals surface area contributed by atoms with Crippen molar-refractivity contribution in [3.05, 3.63) is 59.7 Å². The van der Waals surface area contributed by atoms with Crippen LogP contribution in [0.5, 0.6) is 0 Å². The zero-order chi connectivity index (χ0) is 19.7. The largest absolute Gasteiger partial charge is 0.298 e. The zero-order valence-corrected chi connectivity index (χ0v) is 16.9. The lowest BCUT2D eigenvalue weighted by molar-refractivity contribution is -0.111. The van der Waals surface area contributed by atoms with Crippen LogP contribution in [0.2, 0.25) is 0 Å². The summed E-state index contributed by atoms with van der Waals surface area (Å²) in [6.45, 7) is 2.53. The van der Waals surface area contributed by atoms with Crippen molar-refractivity contribution in [2.24, 2.45) is 0 Å². The van der Waals surface area contributed by atoms with Crippen LogP contribution in [0.25, 0.3) is 16.3 Å². The van der Waals surface area contributed by atoms with Crippen molar-refractivity contribution in [2.45, 2.75) is 13.3 Å². The van der Waals surface area contributed by atoms with Gasteiger partial charge in [0.25, 0.3) is 0 Å². The monoisotopic (exact) mass is 413 g/mol. The number of fused-ring (bicyclic) bond motifs is 1. The molecule has 0 radical (unpaired) electrons. The van der Waals surface area contributed by atoms with Crippen LogP contribution in [0.1, 0.15) is 17.5 Å². The minimum atomic E-state index is -3.18. The topological polar surface area (TPSA) is 79.4 Å². The fourth-order valence-electron chi connectivity index (χ4n) is 3.09. The minimum Gasteiger partial charge on any atom is -0.298 e. The lowest BCUT2D eigenvalue weighted by atomic mass is 10.2. The first kappa shape index (κ1) is 18.6. The van der Waals surface area contributed by atoms with Crippen LogP contribution in [-0.2, 0) is 14.8 Å². The Bertz CT molecular complexity index is 1170. The van der Waals surface area contributed by atoms with Gasteiger partial charge in [-0.05, 0) is 54.8 Å². The number of hydrogen-bond acceptors (Lipinski definition) is 5. The second-order valence-corrected chi connectivity index (χ2v) is 9.69. The summed E-state index contributed by atoms with van der Waals surface area (Å²) in [6, 6.07) is 13.1. The normalized spacial score (nSPS) is 16.1. The number of carbonyl (C=O) groups excluding carboxylic acids is 1. The van der Waals surface area contributed by atoms with Crippen LogP contribution in [0, 0.1) is 6.92 Å². The predicted molar refractivity (Wildman–Crippen MR) is 114 cm³/mol. The maximum absolute atomic E-state index is 12.2. The lowest BCUT2D eigenvalue weighted by Gasteiger charge is -2.16. The van der Waals surface area contributed by atoms with Crippen molar-refractivity contribution in [3.63, 3.8) is 0 Å². The number of thiazole rings is 1. The van der Waals surface area contributed by atoms with Gasteiger partial charge in [0.05, 0.1) is 21.7 Å². The highest BCUT2D eigenvalue weighted by molar-refractivity contribution is 7.93. The van der Waals surface area contributed by atoms with E-state index in [9.17, 15) is 13.2 Å². The molecule has 0 bridgehead atoms. The molecule has 1 aliphatic rings. The molecule has 1 saturated heterocycles. The second kappa shape index (κ2) is 7.37. The van der Waals surface area contributed by atoms with Crippen molar-refractivity contribution in [1.29, 1.82) is 0 Å². The van der Waals surface area contributed by atoms with Crippen molar-refractivity contribution in [2.75, 3.05) is 21.9 Å². The lowest BCUT2D eigenvalue weighted by Crippen LogP contribution is -2.24. The molecule has 0 saturated carbocycles. The number of nitrogens with one attached hydrogen (secondary N) is 1. The van der Waals surface area contributed by atoms with E-state index in [1.165, 1.54) is 21.7 Å². The number of hydrogen-bond donors (Lipinski definition) is 1. The van der Waals surface area contributed by atoms with Crippen LogP contribution in [0.4, 0.5) is 10.8 Å². The van der Waals surface area contributed by atoms with E-state index in [0.717, 1.165) is 21.3 Å². The maximum atomic E-state index is 12.2. The molecule has 0 spiro atoms. The molecule has 1 amide bonds. The quantitative estimate of drug-likeness (QED) is 0.660. The Labute approximate surface area is 167 Å². The van der Waals surface area contributed by atoms with E-state index in [1.54, 1.807) is 30.3 Å². The highest BCUT2D eigenvalue weighted by Gasteiger charge is 2.28. The fourth-order valence-corrected chi connectivity index (χ4v) is 5.62. The zero-order valence-electron chi connectivity index (χ0n) is 15.3. The van der Waals surface area contributed by atoms with Crippen LogP contribution in [0.15, 0.2) is 48.5 Å². The SMILES string of the molecule is Cc1ccc2nc(NC(=O)/C=C/c3ccc(N4CCCS4(=O)=O)cc3)sc2c1. The van der Waals surface area contributed by atoms with Crippen LogP contribution in [0.3, 0.4) is 0 Å². The van der Waals surface area contributed by atoms with Crippen molar-refractivity contribution in [3.8, 4) is 0 Å². The van der Waals surface area contributed by atoms with E-state index < -0.39 is 10.0 Å². The first-order chi connectivity index (χ1) is 13.4. The molecule has 6 nitrogen and oxygen atoms in total. The summed E-state index contributed by atoms with van der Waals surface area (Å²) in [6.07, 6.45) is 3.78. The molecular weight excluding hydrogens is 394 g/mol. The molecule has 3 aromatic rings. The van der Waals surface area contributed by atoms with Crippen molar-refractivity contribution in [1.82, 2.24) is 4.98 Å². The number of anilines is 2. The Morgan fingerprint density at radius 3 is 2.71 bits per heavy atom. The maximum Gasteiger partial charge on any atom is 0.250 e. The predicted octanol–water partition coefficient (Wildman–Crippen LogP) is 3.80. The average Bonchev–Trinajstić information content (AvgIpc) is 3.21. The van der Waals surface area contributed by atoms with Gasteiger partial charge in [-0.3, -0.25) is 14.4 Å². The Hall–Kier alpha value is -2.71. The standard InChI is InChI=1S/C20H19N3O3S2/c1-14-3-9-17-18(13-14)27-20(21-17)22-19(24)10-6-15-4-7-16(8-5-15)23-11-2-12-28(23,25)26/h3-10,13H,2,11-12H2,1H3,(H,21,22,24)/b10-6+. The summed E-state index contributed by atoms with van der Waals surface area (Å²) in [5, 5.41) is 3.34. The Morgan fingerprint density at radius 1 is 1.21 bits per heavy atom. The van der Waals surface area contributed by atoms with Gasteiger partial charge in [0.15, 0.2) is 5.13 Å². The Balaban J connectivity index is 1.42. The van der Waals surface area contributed by atoms with Gasteiger partial charge in [-0.15, -0.1) is 0 Å². The first-order valence-corrected chi connectivity index (χ1v) is 11.3. The number of carbonyl (C=O) groups is 1. The van der Waals surface area contributed by atoms with E-state index >= 15 is 0 Å². The van der Waals surface area contributed by atoms with Gasteiger partial charge in [-0.25, -0.2) is 13.4 Å². The number of amides is 1. The molecule has 0 aliphatic carbocycles. The molecule has 0 atom stereocenters. The van der Waals surface area contributed by atoms with Crippen LogP contribution < -0.4 is 9.62 Å². The molecule has 2 heterocycles. The summed E-state index contributed by atoms with van der Waals surface area (Å²) in [4.78, 5) is 16.6. The van der Waals surface area contributed by atoms with Crippen molar-refractivity contribution >= 4 is 54.4 Å². The van der Waals surface area contributed by atoms with Crippen LogP contribution >= 0.6 is 11.3 Å².